The highest BCUT2D eigenvalue weighted by atomic mass is 16.5. The normalized spacial score (nSPS) is 20.3. The molecule has 0 aromatic heterocycles. The smallest absolute Gasteiger partial charge is 0.238 e. The molecule has 2 amide bonds. The van der Waals surface area contributed by atoms with E-state index in [2.05, 4.69) is 15.1 Å². The van der Waals surface area contributed by atoms with Gasteiger partial charge < -0.3 is 15.0 Å². The molecule has 29 heavy (non-hydrogen) atoms. The molecule has 2 saturated heterocycles. The van der Waals surface area contributed by atoms with E-state index in [0.29, 0.717) is 26.2 Å². The number of amides is 2. The first-order chi connectivity index (χ1) is 13.9. The minimum Gasteiger partial charge on any atom is -0.377 e. The summed E-state index contributed by atoms with van der Waals surface area (Å²) in [7, 11) is 1.98. The first-order valence-corrected chi connectivity index (χ1v) is 10.6. The highest BCUT2D eigenvalue weighted by Gasteiger charge is 2.24. The number of anilines is 1. The monoisotopic (exact) mass is 402 g/mol. The number of para-hydroxylation sites is 1. The van der Waals surface area contributed by atoms with Crippen LogP contribution in [0.1, 0.15) is 24.0 Å². The molecule has 0 spiro atoms. The van der Waals surface area contributed by atoms with E-state index in [0.717, 1.165) is 55.9 Å². The van der Waals surface area contributed by atoms with Gasteiger partial charge in [0.2, 0.25) is 11.8 Å². The van der Waals surface area contributed by atoms with E-state index in [1.807, 2.05) is 44.0 Å². The van der Waals surface area contributed by atoms with Crippen LogP contribution < -0.4 is 5.32 Å². The average Bonchev–Trinajstić information content (AvgIpc) is 3.18. The maximum atomic E-state index is 12.6. The fraction of sp³-hybridized carbons (Fsp3) is 0.636. The Morgan fingerprint density at radius 3 is 2.48 bits per heavy atom. The van der Waals surface area contributed by atoms with Gasteiger partial charge in [-0.3, -0.25) is 19.4 Å². The van der Waals surface area contributed by atoms with Gasteiger partial charge in [0.05, 0.1) is 19.2 Å². The minimum absolute atomic E-state index is 0.00141. The zero-order chi connectivity index (χ0) is 20.8. The number of rotatable bonds is 7. The van der Waals surface area contributed by atoms with Crippen LogP contribution in [0.5, 0.6) is 0 Å². The molecule has 1 unspecified atom stereocenters. The quantitative estimate of drug-likeness (QED) is 0.749. The number of aryl methyl sites for hydroxylation is 2. The Labute approximate surface area is 174 Å². The summed E-state index contributed by atoms with van der Waals surface area (Å²) in [5.74, 6) is 0.156. The standard InChI is InChI=1S/C22H34N4O3/c1-17-6-4-7-18(2)22(17)23-20(27)15-25-9-11-26(12-10-25)21(28)16-24(3)14-19-8-5-13-29-19/h4,6-7,19H,5,8-16H2,1-3H3,(H,23,27). The molecule has 2 heterocycles. The molecular weight excluding hydrogens is 368 g/mol. The second-order valence-electron chi connectivity index (χ2n) is 8.30. The van der Waals surface area contributed by atoms with E-state index in [1.54, 1.807) is 0 Å². The van der Waals surface area contributed by atoms with Crippen molar-refractivity contribution in [3.05, 3.63) is 29.3 Å². The molecule has 1 atom stereocenters. The van der Waals surface area contributed by atoms with Crippen LogP contribution in [-0.2, 0) is 14.3 Å². The summed E-state index contributed by atoms with van der Waals surface area (Å²) in [6, 6.07) is 6.00. The molecule has 1 aromatic rings. The molecule has 2 fully saturated rings. The lowest BCUT2D eigenvalue weighted by Crippen LogP contribution is -2.52. The van der Waals surface area contributed by atoms with Crippen LogP contribution >= 0.6 is 0 Å². The fourth-order valence-electron chi connectivity index (χ4n) is 4.08. The van der Waals surface area contributed by atoms with E-state index in [9.17, 15) is 9.59 Å². The van der Waals surface area contributed by atoms with E-state index in [-0.39, 0.29) is 17.9 Å². The molecule has 0 saturated carbocycles. The third-order valence-corrected chi connectivity index (χ3v) is 5.78. The van der Waals surface area contributed by atoms with Crippen molar-refractivity contribution in [2.45, 2.75) is 32.8 Å². The largest absolute Gasteiger partial charge is 0.377 e. The van der Waals surface area contributed by atoms with Crippen molar-refractivity contribution in [2.24, 2.45) is 0 Å². The number of nitrogens with one attached hydrogen (secondary N) is 1. The predicted octanol–water partition coefficient (Wildman–Crippen LogP) is 1.50. The summed E-state index contributed by atoms with van der Waals surface area (Å²) in [6.45, 7) is 9.22. The van der Waals surface area contributed by atoms with E-state index >= 15 is 0 Å². The molecule has 2 aliphatic heterocycles. The van der Waals surface area contributed by atoms with Gasteiger partial charge in [-0.05, 0) is 44.9 Å². The fourth-order valence-corrected chi connectivity index (χ4v) is 4.08. The van der Waals surface area contributed by atoms with Crippen LogP contribution in [0.2, 0.25) is 0 Å². The Kier molecular flexibility index (Phi) is 7.64. The number of hydrogen-bond acceptors (Lipinski definition) is 5. The molecule has 3 rings (SSSR count). The third-order valence-electron chi connectivity index (χ3n) is 5.78. The molecular formula is C22H34N4O3. The minimum atomic E-state index is -0.00141. The first-order valence-electron chi connectivity index (χ1n) is 10.6. The molecule has 0 aliphatic carbocycles. The topological polar surface area (TPSA) is 65.1 Å². The number of carbonyl (C=O) groups excluding carboxylic acids is 2. The summed E-state index contributed by atoms with van der Waals surface area (Å²) >= 11 is 0. The van der Waals surface area contributed by atoms with Crippen LogP contribution in [0, 0.1) is 13.8 Å². The Morgan fingerprint density at radius 2 is 1.86 bits per heavy atom. The Hall–Kier alpha value is -1.96. The van der Waals surface area contributed by atoms with Crippen molar-refractivity contribution in [2.75, 3.05) is 64.8 Å². The van der Waals surface area contributed by atoms with Gasteiger partial charge in [0.25, 0.3) is 0 Å². The van der Waals surface area contributed by atoms with Crippen molar-refractivity contribution in [1.82, 2.24) is 14.7 Å². The van der Waals surface area contributed by atoms with Crippen LogP contribution in [0.15, 0.2) is 18.2 Å². The lowest BCUT2D eigenvalue weighted by Gasteiger charge is -2.35. The van der Waals surface area contributed by atoms with Crippen molar-refractivity contribution >= 4 is 17.5 Å². The highest BCUT2D eigenvalue weighted by Crippen LogP contribution is 2.19. The number of ether oxygens (including phenoxy) is 1. The van der Waals surface area contributed by atoms with E-state index in [4.69, 9.17) is 4.74 Å². The Balaban J connectivity index is 1.39. The molecule has 7 nitrogen and oxygen atoms in total. The van der Waals surface area contributed by atoms with Crippen LogP contribution in [-0.4, -0.2) is 92.1 Å². The van der Waals surface area contributed by atoms with Gasteiger partial charge in [0.15, 0.2) is 0 Å². The predicted molar refractivity (Wildman–Crippen MR) is 114 cm³/mol. The van der Waals surface area contributed by atoms with E-state index < -0.39 is 0 Å². The molecule has 0 radical (unpaired) electrons. The summed E-state index contributed by atoms with van der Waals surface area (Å²) in [4.78, 5) is 31.1. The van der Waals surface area contributed by atoms with Crippen molar-refractivity contribution < 1.29 is 14.3 Å². The summed E-state index contributed by atoms with van der Waals surface area (Å²) in [6.07, 6.45) is 2.47. The molecule has 7 heteroatoms. The Bertz CT molecular complexity index is 690. The maximum Gasteiger partial charge on any atom is 0.238 e. The van der Waals surface area contributed by atoms with Crippen LogP contribution in [0.3, 0.4) is 0 Å². The van der Waals surface area contributed by atoms with Crippen molar-refractivity contribution in [3.63, 3.8) is 0 Å². The summed E-state index contributed by atoms with van der Waals surface area (Å²) in [5, 5.41) is 3.04. The number of piperazine rings is 1. The Morgan fingerprint density at radius 1 is 1.17 bits per heavy atom. The zero-order valence-corrected chi connectivity index (χ0v) is 17.9. The van der Waals surface area contributed by atoms with Gasteiger partial charge >= 0.3 is 0 Å². The molecule has 1 N–H and O–H groups in total. The first kappa shape index (κ1) is 21.7. The lowest BCUT2D eigenvalue weighted by molar-refractivity contribution is -0.134. The number of nitrogens with zero attached hydrogens (tertiary/aromatic N) is 3. The number of likely N-dealkylation sites (N-methyl/N-ethyl adjacent to an activating group) is 1. The van der Waals surface area contributed by atoms with Gasteiger partial charge in [-0.25, -0.2) is 0 Å². The summed E-state index contributed by atoms with van der Waals surface area (Å²) in [5.41, 5.74) is 3.04. The van der Waals surface area contributed by atoms with Gasteiger partial charge in [-0.2, -0.15) is 0 Å². The average molecular weight is 403 g/mol. The molecule has 2 aliphatic rings. The second kappa shape index (κ2) is 10.2. The van der Waals surface area contributed by atoms with Crippen LogP contribution in [0.4, 0.5) is 5.69 Å². The number of carbonyl (C=O) groups is 2. The van der Waals surface area contributed by atoms with Crippen molar-refractivity contribution in [1.29, 1.82) is 0 Å². The zero-order valence-electron chi connectivity index (χ0n) is 17.9. The van der Waals surface area contributed by atoms with Crippen molar-refractivity contribution in [3.8, 4) is 0 Å². The third kappa shape index (κ3) is 6.26. The lowest BCUT2D eigenvalue weighted by atomic mass is 10.1. The molecule has 1 aromatic carbocycles. The number of benzene rings is 1. The van der Waals surface area contributed by atoms with E-state index in [1.165, 1.54) is 0 Å². The maximum absolute atomic E-state index is 12.6. The highest BCUT2D eigenvalue weighted by molar-refractivity contribution is 5.93. The van der Waals surface area contributed by atoms with Gasteiger partial charge in [0.1, 0.15) is 0 Å². The molecule has 160 valence electrons. The van der Waals surface area contributed by atoms with Gasteiger partial charge in [-0.1, -0.05) is 18.2 Å². The second-order valence-corrected chi connectivity index (χ2v) is 8.30. The number of hydrogen-bond donors (Lipinski definition) is 1. The van der Waals surface area contributed by atoms with Gasteiger partial charge in [0, 0.05) is 45.0 Å². The SMILES string of the molecule is Cc1cccc(C)c1NC(=O)CN1CCN(C(=O)CN(C)CC2CCCO2)CC1. The summed E-state index contributed by atoms with van der Waals surface area (Å²) < 4.78 is 5.65. The van der Waals surface area contributed by atoms with Gasteiger partial charge in [-0.15, -0.1) is 0 Å². The van der Waals surface area contributed by atoms with Crippen LogP contribution in [0.25, 0.3) is 0 Å². The molecule has 0 bridgehead atoms.